The molecular formula is C16H19N3O3. The van der Waals surface area contributed by atoms with Crippen LogP contribution in [0.15, 0.2) is 24.3 Å². The maximum absolute atomic E-state index is 12.4. The van der Waals surface area contributed by atoms with Crippen molar-refractivity contribution in [3.8, 4) is 0 Å². The molecule has 0 aliphatic carbocycles. The molecule has 0 saturated carbocycles. The van der Waals surface area contributed by atoms with Crippen LogP contribution >= 0.6 is 0 Å². The van der Waals surface area contributed by atoms with Crippen LogP contribution in [0.2, 0.25) is 0 Å². The van der Waals surface area contributed by atoms with Crippen LogP contribution < -0.4 is 4.90 Å². The van der Waals surface area contributed by atoms with E-state index in [1.54, 1.807) is 11.0 Å². The smallest absolute Gasteiger partial charge is 0.254 e. The minimum Gasteiger partial charge on any atom is -0.378 e. The van der Waals surface area contributed by atoms with Crippen LogP contribution in [0.4, 0.5) is 5.69 Å². The van der Waals surface area contributed by atoms with E-state index >= 15 is 0 Å². The number of anilines is 1. The van der Waals surface area contributed by atoms with Crippen LogP contribution in [0, 0.1) is 0 Å². The van der Waals surface area contributed by atoms with Gasteiger partial charge < -0.3 is 9.80 Å². The number of carbonyl (C=O) groups excluding carboxylic acids is 3. The molecule has 6 nitrogen and oxygen atoms in total. The Hall–Kier alpha value is -2.37. The van der Waals surface area contributed by atoms with Gasteiger partial charge in [0.25, 0.3) is 5.91 Å². The lowest BCUT2D eigenvalue weighted by atomic mass is 10.0. The fourth-order valence-corrected chi connectivity index (χ4v) is 2.89. The second-order valence-corrected chi connectivity index (χ2v) is 5.97. The van der Waals surface area contributed by atoms with Gasteiger partial charge in [-0.2, -0.15) is 0 Å². The molecule has 2 heterocycles. The SMILES string of the molecule is CN(C)c1cccc(C(=O)N2CC(N3C(=O)CCC3=O)C2)c1. The Morgan fingerprint density at radius 2 is 1.77 bits per heavy atom. The molecule has 1 aromatic carbocycles. The molecule has 2 saturated heterocycles. The third-order valence-electron chi connectivity index (χ3n) is 4.21. The summed E-state index contributed by atoms with van der Waals surface area (Å²) >= 11 is 0. The van der Waals surface area contributed by atoms with Crippen molar-refractivity contribution < 1.29 is 14.4 Å². The van der Waals surface area contributed by atoms with Crippen LogP contribution in [0.25, 0.3) is 0 Å². The molecule has 2 aliphatic heterocycles. The van der Waals surface area contributed by atoms with Gasteiger partial charge in [0, 0.05) is 51.3 Å². The maximum Gasteiger partial charge on any atom is 0.254 e. The fraction of sp³-hybridized carbons (Fsp3) is 0.438. The Balaban J connectivity index is 1.65. The van der Waals surface area contributed by atoms with E-state index in [4.69, 9.17) is 0 Å². The van der Waals surface area contributed by atoms with E-state index in [-0.39, 0.29) is 23.8 Å². The number of nitrogens with zero attached hydrogens (tertiary/aromatic N) is 3. The molecule has 0 bridgehead atoms. The first kappa shape index (κ1) is 14.6. The number of rotatable bonds is 3. The normalized spacial score (nSPS) is 18.6. The van der Waals surface area contributed by atoms with E-state index in [9.17, 15) is 14.4 Å². The highest BCUT2D eigenvalue weighted by Gasteiger charge is 2.42. The summed E-state index contributed by atoms with van der Waals surface area (Å²) < 4.78 is 0. The highest BCUT2D eigenvalue weighted by Crippen LogP contribution is 2.24. The summed E-state index contributed by atoms with van der Waals surface area (Å²) in [6, 6.07) is 7.28. The molecule has 2 aliphatic rings. The van der Waals surface area contributed by atoms with Gasteiger partial charge in [-0.05, 0) is 18.2 Å². The molecule has 0 unspecified atom stereocenters. The van der Waals surface area contributed by atoms with Crippen molar-refractivity contribution >= 4 is 23.4 Å². The Labute approximate surface area is 129 Å². The van der Waals surface area contributed by atoms with E-state index in [1.165, 1.54) is 4.90 Å². The lowest BCUT2D eigenvalue weighted by Crippen LogP contribution is -2.62. The Bertz CT molecular complexity index is 619. The van der Waals surface area contributed by atoms with Crippen molar-refractivity contribution in [2.75, 3.05) is 32.1 Å². The zero-order valence-corrected chi connectivity index (χ0v) is 12.8. The number of hydrogen-bond donors (Lipinski definition) is 0. The highest BCUT2D eigenvalue weighted by molar-refractivity contribution is 6.03. The van der Waals surface area contributed by atoms with E-state index < -0.39 is 0 Å². The summed E-state index contributed by atoms with van der Waals surface area (Å²) in [5.74, 6) is -0.285. The van der Waals surface area contributed by atoms with Crippen molar-refractivity contribution in [1.29, 1.82) is 0 Å². The standard InChI is InChI=1S/C16H19N3O3/c1-17(2)12-5-3-4-11(8-12)16(22)18-9-13(10-18)19-14(20)6-7-15(19)21/h3-5,8,13H,6-7,9-10H2,1-2H3. The number of amides is 3. The second-order valence-electron chi connectivity index (χ2n) is 5.97. The monoisotopic (exact) mass is 301 g/mol. The summed E-state index contributed by atoms with van der Waals surface area (Å²) in [6.45, 7) is 0.866. The number of hydrogen-bond acceptors (Lipinski definition) is 4. The number of benzene rings is 1. The van der Waals surface area contributed by atoms with Crippen LogP contribution in [0.3, 0.4) is 0 Å². The average Bonchev–Trinajstić information content (AvgIpc) is 2.78. The molecule has 1 aromatic rings. The quantitative estimate of drug-likeness (QED) is 0.772. The van der Waals surface area contributed by atoms with Gasteiger partial charge in [0.15, 0.2) is 0 Å². The molecule has 116 valence electrons. The van der Waals surface area contributed by atoms with E-state index in [1.807, 2.05) is 37.2 Å². The third kappa shape index (κ3) is 2.45. The van der Waals surface area contributed by atoms with Crippen molar-refractivity contribution in [3.63, 3.8) is 0 Å². The van der Waals surface area contributed by atoms with Crippen molar-refractivity contribution in [1.82, 2.24) is 9.80 Å². The largest absolute Gasteiger partial charge is 0.378 e. The van der Waals surface area contributed by atoms with Crippen LogP contribution in [0.5, 0.6) is 0 Å². The highest BCUT2D eigenvalue weighted by atomic mass is 16.2. The molecule has 22 heavy (non-hydrogen) atoms. The lowest BCUT2D eigenvalue weighted by Gasteiger charge is -2.43. The Kier molecular flexibility index (Phi) is 3.60. The second kappa shape index (κ2) is 5.44. The van der Waals surface area contributed by atoms with Gasteiger partial charge in [0.2, 0.25) is 11.8 Å². The van der Waals surface area contributed by atoms with Crippen molar-refractivity contribution in [2.24, 2.45) is 0 Å². The summed E-state index contributed by atoms with van der Waals surface area (Å²) in [5.41, 5.74) is 1.59. The first-order valence-corrected chi connectivity index (χ1v) is 7.39. The zero-order valence-electron chi connectivity index (χ0n) is 12.8. The van der Waals surface area contributed by atoms with E-state index in [0.29, 0.717) is 31.5 Å². The topological polar surface area (TPSA) is 60.9 Å². The first-order chi connectivity index (χ1) is 10.5. The number of carbonyl (C=O) groups is 3. The van der Waals surface area contributed by atoms with Gasteiger partial charge in [-0.15, -0.1) is 0 Å². The van der Waals surface area contributed by atoms with Crippen molar-refractivity contribution in [2.45, 2.75) is 18.9 Å². The van der Waals surface area contributed by atoms with Gasteiger partial charge >= 0.3 is 0 Å². The van der Waals surface area contributed by atoms with Crippen LogP contribution in [0.1, 0.15) is 23.2 Å². The summed E-state index contributed by atoms with van der Waals surface area (Å²) in [7, 11) is 3.85. The Morgan fingerprint density at radius 1 is 1.14 bits per heavy atom. The molecule has 3 amide bonds. The molecule has 0 spiro atoms. The molecule has 3 rings (SSSR count). The molecule has 0 atom stereocenters. The number of imide groups is 1. The molecule has 0 N–H and O–H groups in total. The van der Waals surface area contributed by atoms with Gasteiger partial charge in [-0.3, -0.25) is 19.3 Å². The first-order valence-electron chi connectivity index (χ1n) is 7.39. The summed E-state index contributed by atoms with van der Waals surface area (Å²) in [4.78, 5) is 40.8. The van der Waals surface area contributed by atoms with Gasteiger partial charge in [-0.25, -0.2) is 0 Å². The average molecular weight is 301 g/mol. The van der Waals surface area contributed by atoms with E-state index in [0.717, 1.165) is 5.69 Å². The molecule has 2 fully saturated rings. The minimum absolute atomic E-state index is 0.0564. The maximum atomic E-state index is 12.4. The molecule has 6 heteroatoms. The predicted octanol–water partition coefficient (Wildman–Crippen LogP) is 0.726. The Morgan fingerprint density at radius 3 is 2.36 bits per heavy atom. The fourth-order valence-electron chi connectivity index (χ4n) is 2.89. The zero-order chi connectivity index (χ0) is 15.9. The van der Waals surface area contributed by atoms with Crippen LogP contribution in [-0.2, 0) is 9.59 Å². The predicted molar refractivity (Wildman–Crippen MR) is 81.5 cm³/mol. The molecule has 0 radical (unpaired) electrons. The summed E-state index contributed by atoms with van der Waals surface area (Å²) in [5, 5.41) is 0. The molecule has 0 aromatic heterocycles. The lowest BCUT2D eigenvalue weighted by molar-refractivity contribution is -0.144. The van der Waals surface area contributed by atoms with Gasteiger partial charge in [0.1, 0.15) is 0 Å². The van der Waals surface area contributed by atoms with E-state index in [2.05, 4.69) is 0 Å². The number of likely N-dealkylation sites (tertiary alicyclic amines) is 2. The third-order valence-corrected chi connectivity index (χ3v) is 4.21. The minimum atomic E-state index is -0.150. The van der Waals surface area contributed by atoms with Gasteiger partial charge in [-0.1, -0.05) is 6.07 Å². The molecular weight excluding hydrogens is 282 g/mol. The van der Waals surface area contributed by atoms with Crippen LogP contribution in [-0.4, -0.2) is 60.7 Å². The summed E-state index contributed by atoms with van der Waals surface area (Å²) in [6.07, 6.45) is 0.600. The van der Waals surface area contributed by atoms with Crippen molar-refractivity contribution in [3.05, 3.63) is 29.8 Å². The van der Waals surface area contributed by atoms with Gasteiger partial charge in [0.05, 0.1) is 6.04 Å².